The molecule has 0 saturated carbocycles. The summed E-state index contributed by atoms with van der Waals surface area (Å²) in [5.41, 5.74) is 1.26. The van der Waals surface area contributed by atoms with Gasteiger partial charge in [-0.3, -0.25) is 9.69 Å². The maximum absolute atomic E-state index is 13.5. The number of hydrogen-bond donors (Lipinski definition) is 0. The molecule has 0 atom stereocenters. The predicted molar refractivity (Wildman–Crippen MR) is 120 cm³/mol. The fraction of sp³-hybridized carbons (Fsp3) is 0.217. The van der Waals surface area contributed by atoms with E-state index in [1.54, 1.807) is 42.5 Å². The first-order chi connectivity index (χ1) is 15.1. The lowest BCUT2D eigenvalue weighted by atomic mass is 10.1. The van der Waals surface area contributed by atoms with Crippen LogP contribution in [0, 0.1) is 0 Å². The molecule has 0 unspecified atom stereocenters. The summed E-state index contributed by atoms with van der Waals surface area (Å²) in [6, 6.07) is 14.4. The Hall–Kier alpha value is -3.52. The van der Waals surface area contributed by atoms with Gasteiger partial charge in [0.05, 0.1) is 43.9 Å². The maximum Gasteiger partial charge on any atom is 0.260 e. The Morgan fingerprint density at radius 2 is 1.94 bits per heavy atom. The molecule has 4 aromatic rings. The van der Waals surface area contributed by atoms with Crippen LogP contribution in [0.15, 0.2) is 59.2 Å². The van der Waals surface area contributed by atoms with Gasteiger partial charge in [0.1, 0.15) is 11.5 Å². The van der Waals surface area contributed by atoms with Crippen molar-refractivity contribution in [2.45, 2.75) is 13.5 Å². The van der Waals surface area contributed by atoms with Crippen molar-refractivity contribution >= 4 is 32.6 Å². The Morgan fingerprint density at radius 1 is 1.10 bits per heavy atom. The minimum absolute atomic E-state index is 0.221. The molecule has 0 radical (unpaired) electrons. The molecule has 0 aliphatic rings. The van der Waals surface area contributed by atoms with Crippen LogP contribution in [0.1, 0.15) is 23.0 Å². The summed E-state index contributed by atoms with van der Waals surface area (Å²) in [5.74, 6) is 2.25. The van der Waals surface area contributed by atoms with Crippen molar-refractivity contribution in [3.63, 3.8) is 0 Å². The largest absolute Gasteiger partial charge is 0.494 e. The van der Waals surface area contributed by atoms with Crippen molar-refractivity contribution in [1.82, 2.24) is 4.98 Å². The van der Waals surface area contributed by atoms with Crippen LogP contribution in [-0.4, -0.2) is 31.7 Å². The minimum atomic E-state index is -0.221. The van der Waals surface area contributed by atoms with Crippen LogP contribution in [0.5, 0.6) is 17.2 Å². The third kappa shape index (κ3) is 4.34. The molecule has 0 saturated heterocycles. The average Bonchev–Trinajstić information content (AvgIpc) is 3.46. The van der Waals surface area contributed by atoms with Gasteiger partial charge in [-0.05, 0) is 55.5 Å². The molecule has 0 spiro atoms. The van der Waals surface area contributed by atoms with E-state index in [-0.39, 0.29) is 12.5 Å². The Labute approximate surface area is 183 Å². The zero-order valence-corrected chi connectivity index (χ0v) is 18.3. The van der Waals surface area contributed by atoms with E-state index < -0.39 is 0 Å². The lowest BCUT2D eigenvalue weighted by Gasteiger charge is -2.19. The van der Waals surface area contributed by atoms with Gasteiger partial charge < -0.3 is 18.6 Å². The van der Waals surface area contributed by atoms with E-state index in [1.807, 2.05) is 31.2 Å². The molecule has 2 aromatic carbocycles. The van der Waals surface area contributed by atoms with Crippen molar-refractivity contribution in [3.8, 4) is 17.2 Å². The number of nitrogens with zero attached hydrogens (tertiary/aromatic N) is 2. The first kappa shape index (κ1) is 20.7. The highest BCUT2D eigenvalue weighted by molar-refractivity contribution is 7.22. The van der Waals surface area contributed by atoms with Gasteiger partial charge in [0.2, 0.25) is 0 Å². The molecule has 0 bridgehead atoms. The second-order valence-corrected chi connectivity index (χ2v) is 7.61. The lowest BCUT2D eigenvalue weighted by molar-refractivity contribution is 0.0983. The number of hydrogen-bond acceptors (Lipinski definition) is 7. The molecule has 1 amide bonds. The van der Waals surface area contributed by atoms with Gasteiger partial charge in [-0.1, -0.05) is 11.3 Å². The van der Waals surface area contributed by atoms with Crippen LogP contribution in [0.3, 0.4) is 0 Å². The molecule has 2 aromatic heterocycles. The number of ether oxygens (including phenoxy) is 3. The molecule has 0 N–H and O–H groups in total. The molecule has 0 fully saturated rings. The van der Waals surface area contributed by atoms with Gasteiger partial charge in [0.15, 0.2) is 16.6 Å². The highest BCUT2D eigenvalue weighted by atomic mass is 32.1. The molecule has 0 aliphatic heterocycles. The van der Waals surface area contributed by atoms with E-state index in [4.69, 9.17) is 18.6 Å². The molecular formula is C23H22N2O5S. The summed E-state index contributed by atoms with van der Waals surface area (Å²) in [6.07, 6.45) is 1.58. The van der Waals surface area contributed by atoms with Crippen LogP contribution in [0.4, 0.5) is 5.13 Å². The molecule has 7 nitrogen and oxygen atoms in total. The van der Waals surface area contributed by atoms with Crippen molar-refractivity contribution in [2.24, 2.45) is 0 Å². The molecule has 0 aliphatic carbocycles. The van der Waals surface area contributed by atoms with Crippen LogP contribution < -0.4 is 19.1 Å². The first-order valence-corrected chi connectivity index (χ1v) is 10.5. The Balaban J connectivity index is 1.74. The van der Waals surface area contributed by atoms with E-state index in [1.165, 1.54) is 18.4 Å². The SMILES string of the molecule is CCOc1ccc2nc(N(Cc3ccco3)C(=O)c3ccc(OC)c(OC)c3)sc2c1. The van der Waals surface area contributed by atoms with E-state index in [9.17, 15) is 4.79 Å². The minimum Gasteiger partial charge on any atom is -0.494 e. The zero-order chi connectivity index (χ0) is 21.8. The molecule has 2 heterocycles. The molecule has 4 rings (SSSR count). The Bertz CT molecular complexity index is 1190. The van der Waals surface area contributed by atoms with Gasteiger partial charge >= 0.3 is 0 Å². The summed E-state index contributed by atoms with van der Waals surface area (Å²) in [6.45, 7) is 2.77. The third-order valence-corrected chi connectivity index (χ3v) is 5.70. The summed E-state index contributed by atoms with van der Waals surface area (Å²) in [4.78, 5) is 19.8. The number of rotatable bonds is 8. The molecule has 8 heteroatoms. The summed E-state index contributed by atoms with van der Waals surface area (Å²) in [5, 5.41) is 0.569. The number of aromatic nitrogens is 1. The lowest BCUT2D eigenvalue weighted by Crippen LogP contribution is -2.30. The average molecular weight is 439 g/mol. The van der Waals surface area contributed by atoms with E-state index in [2.05, 4.69) is 4.98 Å². The van der Waals surface area contributed by atoms with Crippen molar-refractivity contribution in [3.05, 3.63) is 66.1 Å². The zero-order valence-electron chi connectivity index (χ0n) is 17.5. The second-order valence-electron chi connectivity index (χ2n) is 6.60. The van der Waals surface area contributed by atoms with Crippen molar-refractivity contribution < 1.29 is 23.4 Å². The number of fused-ring (bicyclic) bond motifs is 1. The normalized spacial score (nSPS) is 10.8. The number of carbonyl (C=O) groups is 1. The smallest absolute Gasteiger partial charge is 0.260 e. The van der Waals surface area contributed by atoms with E-state index in [0.29, 0.717) is 34.6 Å². The monoisotopic (exact) mass is 438 g/mol. The topological polar surface area (TPSA) is 74.0 Å². The fourth-order valence-electron chi connectivity index (χ4n) is 3.17. The number of carbonyl (C=O) groups excluding carboxylic acids is 1. The first-order valence-electron chi connectivity index (χ1n) is 9.72. The van der Waals surface area contributed by atoms with Gasteiger partial charge in [0.25, 0.3) is 5.91 Å². The van der Waals surface area contributed by atoms with Gasteiger partial charge in [0, 0.05) is 5.56 Å². The molecular weight excluding hydrogens is 416 g/mol. The molecule has 31 heavy (non-hydrogen) atoms. The number of benzene rings is 2. The highest BCUT2D eigenvalue weighted by Crippen LogP contribution is 2.34. The number of anilines is 1. The van der Waals surface area contributed by atoms with Crippen molar-refractivity contribution in [2.75, 3.05) is 25.7 Å². The van der Waals surface area contributed by atoms with Crippen LogP contribution in [0.25, 0.3) is 10.2 Å². The molecule has 160 valence electrons. The number of thiazole rings is 1. The summed E-state index contributed by atoms with van der Waals surface area (Å²) in [7, 11) is 3.09. The van der Waals surface area contributed by atoms with Crippen LogP contribution in [-0.2, 0) is 6.54 Å². The Morgan fingerprint density at radius 3 is 2.65 bits per heavy atom. The van der Waals surface area contributed by atoms with Crippen LogP contribution in [0.2, 0.25) is 0 Å². The van der Waals surface area contributed by atoms with Crippen LogP contribution >= 0.6 is 11.3 Å². The quantitative estimate of drug-likeness (QED) is 0.379. The maximum atomic E-state index is 13.5. The summed E-state index contributed by atoms with van der Waals surface area (Å²) >= 11 is 1.42. The predicted octanol–water partition coefficient (Wildman–Crippen LogP) is 5.15. The van der Waals surface area contributed by atoms with Gasteiger partial charge in [-0.15, -0.1) is 0 Å². The summed E-state index contributed by atoms with van der Waals surface area (Å²) < 4.78 is 22.7. The standard InChI is InChI=1S/C23H22N2O5S/c1-4-29-16-8-9-18-21(13-16)31-23(24-18)25(14-17-6-5-11-30-17)22(26)15-7-10-19(27-2)20(12-15)28-3/h5-13H,4,14H2,1-3H3. The third-order valence-electron chi connectivity index (χ3n) is 4.66. The van der Waals surface area contributed by atoms with E-state index in [0.717, 1.165) is 16.0 Å². The Kier molecular flexibility index (Phi) is 6.08. The van der Waals surface area contributed by atoms with Crippen molar-refractivity contribution in [1.29, 1.82) is 0 Å². The second kappa shape index (κ2) is 9.09. The van der Waals surface area contributed by atoms with Gasteiger partial charge in [-0.25, -0.2) is 4.98 Å². The number of amides is 1. The highest BCUT2D eigenvalue weighted by Gasteiger charge is 2.24. The fourth-order valence-corrected chi connectivity index (χ4v) is 4.17. The van der Waals surface area contributed by atoms with E-state index >= 15 is 0 Å². The number of methoxy groups -OCH3 is 2. The number of furan rings is 1. The van der Waals surface area contributed by atoms with Gasteiger partial charge in [-0.2, -0.15) is 0 Å².